The average molecular weight is 341 g/mol. The zero-order valence-corrected chi connectivity index (χ0v) is 14.4. The summed E-state index contributed by atoms with van der Waals surface area (Å²) < 4.78 is 13.1. The van der Waals surface area contributed by atoms with Gasteiger partial charge in [-0.15, -0.1) is 0 Å². The van der Waals surface area contributed by atoms with E-state index in [0.717, 1.165) is 11.1 Å². The zero-order valence-electron chi connectivity index (χ0n) is 14.4. The number of hydrogen-bond acceptors (Lipinski definition) is 2. The molecule has 0 aliphatic rings. The summed E-state index contributed by atoms with van der Waals surface area (Å²) in [6, 6.07) is 16.1. The minimum Gasteiger partial charge on any atom is -0.393 e. The third-order valence-corrected chi connectivity index (χ3v) is 3.90. The van der Waals surface area contributed by atoms with Gasteiger partial charge in [-0.05, 0) is 36.6 Å². The maximum Gasteiger partial charge on any atom is 0.223 e. The van der Waals surface area contributed by atoms with E-state index in [2.05, 4.69) is 5.32 Å². The first-order chi connectivity index (χ1) is 12.0. The predicted octanol–water partition coefficient (Wildman–Crippen LogP) is 3.90. The molecule has 0 aliphatic carbocycles. The smallest absolute Gasteiger partial charge is 0.223 e. The van der Waals surface area contributed by atoms with Crippen LogP contribution in [0.5, 0.6) is 0 Å². The van der Waals surface area contributed by atoms with Gasteiger partial charge in [0.1, 0.15) is 5.82 Å². The standard InChI is InChI=1S/C21H24FNO2/c1-16(24)13-19(18-9-3-2-4-10-18)15-23-21(25)12-6-8-17-7-5-11-20(22)14-17/h2-11,14,16,19,24H,12-13,15H2,1H3,(H,23,25)/b8-6+. The quantitative estimate of drug-likeness (QED) is 0.765. The minimum atomic E-state index is -0.435. The van der Waals surface area contributed by atoms with Crippen LogP contribution in [0.25, 0.3) is 6.08 Å². The van der Waals surface area contributed by atoms with Crippen molar-refractivity contribution in [2.24, 2.45) is 0 Å². The maximum absolute atomic E-state index is 13.1. The Morgan fingerprint density at radius 2 is 1.96 bits per heavy atom. The molecule has 0 saturated heterocycles. The summed E-state index contributed by atoms with van der Waals surface area (Å²) in [6.45, 7) is 2.22. The normalized spacial score (nSPS) is 13.6. The molecule has 1 amide bonds. The minimum absolute atomic E-state index is 0.0670. The lowest BCUT2D eigenvalue weighted by Crippen LogP contribution is -2.29. The number of rotatable bonds is 8. The second-order valence-corrected chi connectivity index (χ2v) is 6.16. The first-order valence-electron chi connectivity index (χ1n) is 8.46. The highest BCUT2D eigenvalue weighted by Gasteiger charge is 2.14. The van der Waals surface area contributed by atoms with Crippen molar-refractivity contribution in [2.75, 3.05) is 6.54 Å². The van der Waals surface area contributed by atoms with Crippen LogP contribution in [0, 0.1) is 5.82 Å². The Hall–Kier alpha value is -2.46. The van der Waals surface area contributed by atoms with Gasteiger partial charge in [-0.2, -0.15) is 0 Å². The fourth-order valence-electron chi connectivity index (χ4n) is 2.70. The van der Waals surface area contributed by atoms with Gasteiger partial charge < -0.3 is 10.4 Å². The van der Waals surface area contributed by atoms with Gasteiger partial charge in [0, 0.05) is 18.9 Å². The number of hydrogen-bond donors (Lipinski definition) is 2. The lowest BCUT2D eigenvalue weighted by molar-refractivity contribution is -0.120. The van der Waals surface area contributed by atoms with Gasteiger partial charge in [-0.1, -0.05) is 54.6 Å². The van der Waals surface area contributed by atoms with Crippen molar-refractivity contribution < 1.29 is 14.3 Å². The third kappa shape index (κ3) is 6.89. The van der Waals surface area contributed by atoms with Crippen molar-refractivity contribution in [1.29, 1.82) is 0 Å². The number of carbonyl (C=O) groups is 1. The molecule has 0 aromatic heterocycles. The van der Waals surface area contributed by atoms with Crippen LogP contribution in [0.1, 0.15) is 36.8 Å². The van der Waals surface area contributed by atoms with Gasteiger partial charge in [0.15, 0.2) is 0 Å². The molecule has 0 saturated carbocycles. The van der Waals surface area contributed by atoms with Gasteiger partial charge in [-0.25, -0.2) is 4.39 Å². The number of benzene rings is 2. The van der Waals surface area contributed by atoms with E-state index in [9.17, 15) is 14.3 Å². The number of halogens is 1. The van der Waals surface area contributed by atoms with Crippen LogP contribution in [0.15, 0.2) is 60.7 Å². The second-order valence-electron chi connectivity index (χ2n) is 6.16. The Labute approximate surface area is 148 Å². The Bertz CT molecular complexity index is 698. The molecular formula is C21H24FNO2. The molecule has 2 unspecified atom stereocenters. The third-order valence-electron chi connectivity index (χ3n) is 3.90. The predicted molar refractivity (Wildman–Crippen MR) is 98.5 cm³/mol. The highest BCUT2D eigenvalue weighted by molar-refractivity contribution is 5.78. The van der Waals surface area contributed by atoms with Gasteiger partial charge in [0.2, 0.25) is 5.91 Å². The Kier molecular flexibility index (Phi) is 7.36. The number of amides is 1. The van der Waals surface area contributed by atoms with Crippen molar-refractivity contribution >= 4 is 12.0 Å². The monoisotopic (exact) mass is 341 g/mol. The molecule has 2 aromatic rings. The number of aliphatic hydroxyl groups is 1. The maximum atomic E-state index is 13.1. The molecule has 132 valence electrons. The first-order valence-corrected chi connectivity index (χ1v) is 8.46. The van der Waals surface area contributed by atoms with E-state index in [1.807, 2.05) is 30.3 Å². The fourth-order valence-corrected chi connectivity index (χ4v) is 2.70. The van der Waals surface area contributed by atoms with Gasteiger partial charge in [0.05, 0.1) is 6.10 Å². The summed E-state index contributed by atoms with van der Waals surface area (Å²) in [5.41, 5.74) is 1.82. The average Bonchev–Trinajstić information content (AvgIpc) is 2.59. The molecule has 0 spiro atoms. The lowest BCUT2D eigenvalue weighted by atomic mass is 9.93. The molecule has 2 atom stereocenters. The summed E-state index contributed by atoms with van der Waals surface area (Å²) in [6.07, 6.45) is 3.83. The molecule has 0 fully saturated rings. The molecule has 4 heteroatoms. The molecule has 25 heavy (non-hydrogen) atoms. The molecule has 3 nitrogen and oxygen atoms in total. The fraction of sp³-hybridized carbons (Fsp3) is 0.286. The highest BCUT2D eigenvalue weighted by atomic mass is 19.1. The first kappa shape index (κ1) is 18.9. The number of carbonyl (C=O) groups excluding carboxylic acids is 1. The molecule has 0 bridgehead atoms. The molecule has 2 N–H and O–H groups in total. The van der Waals surface area contributed by atoms with E-state index in [-0.39, 0.29) is 24.1 Å². The Morgan fingerprint density at radius 1 is 1.20 bits per heavy atom. The summed E-state index contributed by atoms with van der Waals surface area (Å²) in [5, 5.41) is 12.6. The van der Waals surface area contributed by atoms with Crippen LogP contribution >= 0.6 is 0 Å². The Morgan fingerprint density at radius 3 is 2.64 bits per heavy atom. The van der Waals surface area contributed by atoms with Crippen LogP contribution in [-0.2, 0) is 4.79 Å². The second kappa shape index (κ2) is 9.74. The van der Waals surface area contributed by atoms with Crippen molar-refractivity contribution in [2.45, 2.75) is 31.8 Å². The molecule has 2 rings (SSSR count). The summed E-state index contributed by atoms with van der Waals surface area (Å²) in [7, 11) is 0. The van der Waals surface area contributed by atoms with Crippen molar-refractivity contribution in [3.8, 4) is 0 Å². The SMILES string of the molecule is CC(O)CC(CNC(=O)C/C=C/c1cccc(F)c1)c1ccccc1. The van der Waals surface area contributed by atoms with Crippen LogP contribution in [-0.4, -0.2) is 23.7 Å². The van der Waals surface area contributed by atoms with Crippen LogP contribution in [0.3, 0.4) is 0 Å². The lowest BCUT2D eigenvalue weighted by Gasteiger charge is -2.19. The molecule has 2 aromatic carbocycles. The van der Waals surface area contributed by atoms with E-state index in [0.29, 0.717) is 13.0 Å². The summed E-state index contributed by atoms with van der Waals surface area (Å²) >= 11 is 0. The molecule has 0 heterocycles. The van der Waals surface area contributed by atoms with E-state index in [1.165, 1.54) is 12.1 Å². The Balaban J connectivity index is 1.86. The van der Waals surface area contributed by atoms with Crippen LogP contribution in [0.2, 0.25) is 0 Å². The largest absolute Gasteiger partial charge is 0.393 e. The molecule has 0 radical (unpaired) electrons. The topological polar surface area (TPSA) is 49.3 Å². The summed E-state index contributed by atoms with van der Waals surface area (Å²) in [5.74, 6) is -0.327. The zero-order chi connectivity index (χ0) is 18.1. The van der Waals surface area contributed by atoms with E-state index in [1.54, 1.807) is 31.2 Å². The van der Waals surface area contributed by atoms with Crippen molar-refractivity contribution in [3.05, 3.63) is 77.6 Å². The number of nitrogens with one attached hydrogen (secondary N) is 1. The van der Waals surface area contributed by atoms with Gasteiger partial charge >= 0.3 is 0 Å². The van der Waals surface area contributed by atoms with Crippen molar-refractivity contribution in [1.82, 2.24) is 5.32 Å². The highest BCUT2D eigenvalue weighted by Crippen LogP contribution is 2.20. The van der Waals surface area contributed by atoms with E-state index < -0.39 is 6.10 Å². The van der Waals surface area contributed by atoms with Crippen molar-refractivity contribution in [3.63, 3.8) is 0 Å². The number of aliphatic hydroxyl groups excluding tert-OH is 1. The van der Waals surface area contributed by atoms with Crippen LogP contribution < -0.4 is 5.32 Å². The van der Waals surface area contributed by atoms with Crippen LogP contribution in [0.4, 0.5) is 4.39 Å². The van der Waals surface area contributed by atoms with E-state index >= 15 is 0 Å². The van der Waals surface area contributed by atoms with E-state index in [4.69, 9.17) is 0 Å². The van der Waals surface area contributed by atoms with Gasteiger partial charge in [0.25, 0.3) is 0 Å². The molecule has 0 aliphatic heterocycles. The molecular weight excluding hydrogens is 317 g/mol. The summed E-state index contributed by atoms with van der Waals surface area (Å²) in [4.78, 5) is 12.0. The van der Waals surface area contributed by atoms with Gasteiger partial charge in [-0.3, -0.25) is 4.79 Å².